The molecule has 0 aliphatic heterocycles. The number of carbonyl (C=O) groups excluding carboxylic acids is 1. The van der Waals surface area contributed by atoms with E-state index in [1.54, 1.807) is 43.3 Å². The van der Waals surface area contributed by atoms with Crippen LogP contribution < -0.4 is 0 Å². The van der Waals surface area contributed by atoms with Crippen molar-refractivity contribution in [2.45, 2.75) is 37.8 Å². The highest BCUT2D eigenvalue weighted by molar-refractivity contribution is 9.10. The van der Waals surface area contributed by atoms with Crippen LogP contribution in [0.5, 0.6) is 0 Å². The Labute approximate surface area is 173 Å². The Morgan fingerprint density at radius 2 is 1.74 bits per heavy atom. The summed E-state index contributed by atoms with van der Waals surface area (Å²) in [4.78, 5) is 12.6. The van der Waals surface area contributed by atoms with E-state index in [-0.39, 0.29) is 18.0 Å². The van der Waals surface area contributed by atoms with E-state index in [4.69, 9.17) is 16.3 Å². The van der Waals surface area contributed by atoms with E-state index in [9.17, 15) is 13.2 Å². The van der Waals surface area contributed by atoms with Gasteiger partial charge in [-0.2, -0.15) is 4.31 Å². The Morgan fingerprint density at radius 1 is 1.15 bits per heavy atom. The van der Waals surface area contributed by atoms with Crippen molar-refractivity contribution in [2.24, 2.45) is 0 Å². The summed E-state index contributed by atoms with van der Waals surface area (Å²) in [5.74, 6) is -0.627. The molecule has 2 rings (SSSR count). The van der Waals surface area contributed by atoms with E-state index in [2.05, 4.69) is 15.9 Å². The lowest BCUT2D eigenvalue weighted by Gasteiger charge is -2.35. The van der Waals surface area contributed by atoms with Crippen molar-refractivity contribution in [1.29, 1.82) is 0 Å². The molecule has 5 nitrogen and oxygen atoms in total. The van der Waals surface area contributed by atoms with Gasteiger partial charge in [-0.3, -0.25) is 4.79 Å². The number of carbonyl (C=O) groups is 1. The molecule has 0 amide bonds. The molecule has 0 fully saturated rings. The maximum absolute atomic E-state index is 13.4. The van der Waals surface area contributed by atoms with Crippen molar-refractivity contribution in [2.75, 3.05) is 6.61 Å². The predicted octanol–water partition coefficient (Wildman–Crippen LogP) is 4.64. The van der Waals surface area contributed by atoms with Gasteiger partial charge in [-0.15, -0.1) is 0 Å². The minimum absolute atomic E-state index is 0.0656. The van der Waals surface area contributed by atoms with Crippen LogP contribution in [0.1, 0.15) is 26.3 Å². The molecule has 8 heteroatoms. The fourth-order valence-corrected chi connectivity index (χ4v) is 4.69. The summed E-state index contributed by atoms with van der Waals surface area (Å²) in [6.07, 6.45) is 0. The van der Waals surface area contributed by atoms with Crippen molar-refractivity contribution in [3.63, 3.8) is 0 Å². The van der Waals surface area contributed by atoms with Gasteiger partial charge in [0.1, 0.15) is 5.54 Å². The third-order valence-corrected chi connectivity index (χ3v) is 7.00. The Bertz CT molecular complexity index is 914. The first-order chi connectivity index (χ1) is 12.6. The van der Waals surface area contributed by atoms with Gasteiger partial charge in [0, 0.05) is 16.0 Å². The highest BCUT2D eigenvalue weighted by Gasteiger charge is 2.44. The minimum atomic E-state index is -4.00. The SMILES string of the molecule is CCOC(=O)C(C)(C)N(Cc1ccccc1Cl)S(=O)(=O)c1ccc(Br)cc1. The summed E-state index contributed by atoms with van der Waals surface area (Å²) in [6.45, 7) is 4.82. The number of ether oxygens (including phenoxy) is 1. The smallest absolute Gasteiger partial charge is 0.327 e. The summed E-state index contributed by atoms with van der Waals surface area (Å²) in [5.41, 5.74) is -0.835. The van der Waals surface area contributed by atoms with Crippen LogP contribution in [0.25, 0.3) is 0 Å². The van der Waals surface area contributed by atoms with Crippen LogP contribution in [-0.4, -0.2) is 30.8 Å². The molecule has 0 aliphatic rings. The molecule has 0 saturated heterocycles. The van der Waals surface area contributed by atoms with Crippen LogP contribution in [0.2, 0.25) is 5.02 Å². The summed E-state index contributed by atoms with van der Waals surface area (Å²) in [6, 6.07) is 13.2. The highest BCUT2D eigenvalue weighted by atomic mass is 79.9. The fourth-order valence-electron chi connectivity index (χ4n) is 2.51. The second kappa shape index (κ2) is 8.73. The zero-order chi connectivity index (χ0) is 20.2. The minimum Gasteiger partial charge on any atom is -0.465 e. The van der Waals surface area contributed by atoms with Gasteiger partial charge in [-0.1, -0.05) is 45.7 Å². The molecular weight excluding hydrogens is 454 g/mol. The van der Waals surface area contributed by atoms with E-state index in [1.807, 2.05) is 0 Å². The second-order valence-corrected chi connectivity index (χ2v) is 9.52. The lowest BCUT2D eigenvalue weighted by atomic mass is 10.1. The first-order valence-corrected chi connectivity index (χ1v) is 10.9. The largest absolute Gasteiger partial charge is 0.465 e. The van der Waals surface area contributed by atoms with Gasteiger partial charge in [-0.05, 0) is 56.7 Å². The molecule has 0 aliphatic carbocycles. The average Bonchev–Trinajstić information content (AvgIpc) is 2.61. The number of hydrogen-bond donors (Lipinski definition) is 0. The van der Waals surface area contributed by atoms with Gasteiger partial charge in [-0.25, -0.2) is 8.42 Å². The first-order valence-electron chi connectivity index (χ1n) is 8.29. The van der Waals surface area contributed by atoms with Crippen LogP contribution in [0.15, 0.2) is 57.9 Å². The number of nitrogens with zero attached hydrogens (tertiary/aromatic N) is 1. The topological polar surface area (TPSA) is 63.7 Å². The van der Waals surface area contributed by atoms with Crippen LogP contribution in [0.4, 0.5) is 0 Å². The first kappa shape index (κ1) is 21.9. The number of rotatable bonds is 7. The molecule has 0 spiro atoms. The maximum Gasteiger partial charge on any atom is 0.327 e. The molecule has 27 heavy (non-hydrogen) atoms. The quantitative estimate of drug-likeness (QED) is 0.549. The van der Waals surface area contributed by atoms with Crippen LogP contribution in [-0.2, 0) is 26.1 Å². The Balaban J connectivity index is 2.56. The summed E-state index contributed by atoms with van der Waals surface area (Å²) in [7, 11) is -4.00. The number of esters is 1. The standard InChI is InChI=1S/C19H21BrClNO4S/c1-4-26-18(23)19(2,3)22(13-14-7-5-6-8-17(14)21)27(24,25)16-11-9-15(20)10-12-16/h5-12H,4,13H2,1-3H3. The number of halogens is 2. The molecule has 2 aromatic rings. The third-order valence-electron chi connectivity index (χ3n) is 4.07. The molecule has 0 N–H and O–H groups in total. The van der Waals surface area contributed by atoms with Gasteiger partial charge in [0.15, 0.2) is 0 Å². The van der Waals surface area contributed by atoms with Crippen LogP contribution in [0.3, 0.4) is 0 Å². The zero-order valence-corrected chi connectivity index (χ0v) is 18.4. The van der Waals surface area contributed by atoms with Gasteiger partial charge in [0.25, 0.3) is 0 Å². The molecule has 2 aromatic carbocycles. The normalized spacial score (nSPS) is 12.2. The van der Waals surface area contributed by atoms with E-state index in [1.165, 1.54) is 26.0 Å². The molecule has 0 atom stereocenters. The van der Waals surface area contributed by atoms with E-state index >= 15 is 0 Å². The maximum atomic E-state index is 13.4. The summed E-state index contributed by atoms with van der Waals surface area (Å²) >= 11 is 9.53. The average molecular weight is 475 g/mol. The number of sulfonamides is 1. The van der Waals surface area contributed by atoms with Gasteiger partial charge in [0.05, 0.1) is 11.5 Å². The van der Waals surface area contributed by atoms with Crippen LogP contribution in [0, 0.1) is 0 Å². The summed E-state index contributed by atoms with van der Waals surface area (Å²) in [5, 5.41) is 0.424. The lowest BCUT2D eigenvalue weighted by molar-refractivity contribution is -0.153. The lowest BCUT2D eigenvalue weighted by Crippen LogP contribution is -2.53. The Morgan fingerprint density at radius 3 is 2.30 bits per heavy atom. The predicted molar refractivity (Wildman–Crippen MR) is 109 cm³/mol. The number of hydrogen-bond acceptors (Lipinski definition) is 4. The van der Waals surface area contributed by atoms with E-state index < -0.39 is 21.5 Å². The Kier molecular flexibility index (Phi) is 7.08. The molecule has 0 bridgehead atoms. The fraction of sp³-hybridized carbons (Fsp3) is 0.316. The Hall–Kier alpha value is -1.41. The van der Waals surface area contributed by atoms with Crippen molar-refractivity contribution < 1.29 is 17.9 Å². The van der Waals surface area contributed by atoms with Gasteiger partial charge in [0.2, 0.25) is 10.0 Å². The molecule has 0 saturated carbocycles. The third kappa shape index (κ3) is 4.90. The van der Waals surface area contributed by atoms with E-state index in [0.29, 0.717) is 10.6 Å². The molecule has 0 unspecified atom stereocenters. The highest BCUT2D eigenvalue weighted by Crippen LogP contribution is 2.30. The zero-order valence-electron chi connectivity index (χ0n) is 15.3. The molecule has 0 aromatic heterocycles. The van der Waals surface area contributed by atoms with Crippen molar-refractivity contribution >= 4 is 43.5 Å². The number of benzene rings is 2. The summed E-state index contributed by atoms with van der Waals surface area (Å²) < 4.78 is 33.8. The van der Waals surface area contributed by atoms with Crippen molar-refractivity contribution in [3.05, 3.63) is 63.6 Å². The second-order valence-electron chi connectivity index (χ2n) is 6.34. The van der Waals surface area contributed by atoms with E-state index in [0.717, 1.165) is 8.78 Å². The molecule has 146 valence electrons. The van der Waals surface area contributed by atoms with Crippen molar-refractivity contribution in [3.8, 4) is 0 Å². The molecular formula is C19H21BrClNO4S. The van der Waals surface area contributed by atoms with Crippen LogP contribution >= 0.6 is 27.5 Å². The van der Waals surface area contributed by atoms with Crippen molar-refractivity contribution in [1.82, 2.24) is 4.31 Å². The van der Waals surface area contributed by atoms with Gasteiger partial charge < -0.3 is 4.74 Å². The molecule has 0 heterocycles. The molecule has 0 radical (unpaired) electrons. The van der Waals surface area contributed by atoms with Gasteiger partial charge >= 0.3 is 5.97 Å². The monoisotopic (exact) mass is 473 g/mol.